The maximum absolute atomic E-state index is 13.6. The summed E-state index contributed by atoms with van der Waals surface area (Å²) in [4.78, 5) is 10.3. The number of hydrogen-bond donors (Lipinski definition) is 0. The lowest BCUT2D eigenvalue weighted by Gasteiger charge is -2.11. The molecule has 8 heteroatoms. The predicted octanol–water partition coefficient (Wildman–Crippen LogP) is 5.32. The van der Waals surface area contributed by atoms with E-state index in [9.17, 15) is 18.9 Å². The quantitative estimate of drug-likeness (QED) is 0.380. The van der Waals surface area contributed by atoms with Crippen LogP contribution in [0.4, 0.5) is 14.5 Å². The van der Waals surface area contributed by atoms with E-state index in [1.54, 1.807) is 0 Å². The van der Waals surface area contributed by atoms with Gasteiger partial charge in [0.15, 0.2) is 0 Å². The third kappa shape index (κ3) is 3.38. The normalized spacial score (nSPS) is 10.5. The smallest absolute Gasteiger partial charge is 0.312 e. The van der Waals surface area contributed by atoms with E-state index in [0.717, 1.165) is 12.1 Å². The van der Waals surface area contributed by atoms with Crippen molar-refractivity contribution in [2.45, 2.75) is 5.33 Å². The van der Waals surface area contributed by atoms with Crippen molar-refractivity contribution in [3.63, 3.8) is 0 Å². The Bertz CT molecular complexity index is 710. The second kappa shape index (κ2) is 6.48. The minimum absolute atomic E-state index is 0.0542. The highest BCUT2D eigenvalue weighted by molar-refractivity contribution is 9.10. The van der Waals surface area contributed by atoms with Gasteiger partial charge in [-0.15, -0.1) is 0 Å². The molecule has 2 aromatic rings. The maximum Gasteiger partial charge on any atom is 0.312 e. The first-order valence-corrected chi connectivity index (χ1v) is 7.50. The van der Waals surface area contributed by atoms with Crippen LogP contribution in [0, 0.1) is 21.7 Å². The lowest BCUT2D eigenvalue weighted by atomic mass is 10.2. The summed E-state index contributed by atoms with van der Waals surface area (Å²) in [7, 11) is 0. The predicted molar refractivity (Wildman–Crippen MR) is 79.9 cm³/mol. The van der Waals surface area contributed by atoms with Gasteiger partial charge in [0.1, 0.15) is 17.4 Å². The second-order valence-electron chi connectivity index (χ2n) is 3.94. The lowest BCUT2D eigenvalue weighted by Crippen LogP contribution is -1.98. The molecule has 0 aliphatic rings. The van der Waals surface area contributed by atoms with E-state index in [4.69, 9.17) is 4.74 Å². The first kappa shape index (κ1) is 15.8. The van der Waals surface area contributed by atoms with Gasteiger partial charge in [0, 0.05) is 23.0 Å². The molecule has 0 aliphatic carbocycles. The fourth-order valence-corrected chi connectivity index (χ4v) is 2.50. The van der Waals surface area contributed by atoms with Crippen LogP contribution in [0.15, 0.2) is 34.8 Å². The zero-order chi connectivity index (χ0) is 15.6. The van der Waals surface area contributed by atoms with Crippen LogP contribution in [0.5, 0.6) is 11.5 Å². The third-order valence-electron chi connectivity index (χ3n) is 2.63. The Morgan fingerprint density at radius 1 is 1.19 bits per heavy atom. The fourth-order valence-electron chi connectivity index (χ4n) is 1.63. The van der Waals surface area contributed by atoms with Gasteiger partial charge in [-0.1, -0.05) is 22.0 Å². The molecule has 0 saturated heterocycles. The summed E-state index contributed by atoms with van der Waals surface area (Å²) < 4.78 is 32.5. The standard InChI is InChI=1S/C13H7Br2F2NO3/c14-6-7-9(16)2-1-3-12(7)21-13-5-10(17)8(15)4-11(13)18(19)20/h1-5H,6H2. The van der Waals surface area contributed by atoms with Crippen LogP contribution in [0.1, 0.15) is 5.56 Å². The van der Waals surface area contributed by atoms with Gasteiger partial charge < -0.3 is 4.74 Å². The molecule has 110 valence electrons. The van der Waals surface area contributed by atoms with Crippen LogP contribution in [-0.2, 0) is 5.33 Å². The largest absolute Gasteiger partial charge is 0.450 e. The number of hydrogen-bond acceptors (Lipinski definition) is 3. The molecule has 0 amide bonds. The molecule has 0 radical (unpaired) electrons. The van der Waals surface area contributed by atoms with Crippen LogP contribution in [0.3, 0.4) is 0 Å². The van der Waals surface area contributed by atoms with Crippen molar-refractivity contribution in [3.8, 4) is 11.5 Å². The molecule has 0 bridgehead atoms. The Kier molecular flexibility index (Phi) is 4.89. The van der Waals surface area contributed by atoms with E-state index in [0.29, 0.717) is 0 Å². The van der Waals surface area contributed by atoms with Gasteiger partial charge in [-0.2, -0.15) is 0 Å². The highest BCUT2D eigenvalue weighted by Crippen LogP contribution is 2.37. The summed E-state index contributed by atoms with van der Waals surface area (Å²) in [6.45, 7) is 0. The molecule has 21 heavy (non-hydrogen) atoms. The van der Waals surface area contributed by atoms with Gasteiger partial charge in [-0.3, -0.25) is 10.1 Å². The van der Waals surface area contributed by atoms with E-state index in [1.165, 1.54) is 18.2 Å². The molecule has 0 aliphatic heterocycles. The van der Waals surface area contributed by atoms with Crippen molar-refractivity contribution in [1.29, 1.82) is 0 Å². The number of ether oxygens (including phenoxy) is 1. The monoisotopic (exact) mass is 421 g/mol. The van der Waals surface area contributed by atoms with Crippen molar-refractivity contribution in [3.05, 3.63) is 62.1 Å². The van der Waals surface area contributed by atoms with E-state index >= 15 is 0 Å². The number of nitro benzene ring substituents is 1. The summed E-state index contributed by atoms with van der Waals surface area (Å²) >= 11 is 5.98. The number of nitro groups is 1. The van der Waals surface area contributed by atoms with Crippen LogP contribution in [-0.4, -0.2) is 4.92 Å². The topological polar surface area (TPSA) is 52.4 Å². The van der Waals surface area contributed by atoms with Crippen LogP contribution in [0.2, 0.25) is 0 Å². The Balaban J connectivity index is 2.51. The molecule has 0 saturated carbocycles. The van der Waals surface area contributed by atoms with Gasteiger partial charge in [-0.25, -0.2) is 8.78 Å². The summed E-state index contributed by atoms with van der Waals surface area (Å²) in [5.74, 6) is -1.46. The molecule has 0 N–H and O–H groups in total. The molecule has 0 unspecified atom stereocenters. The summed E-state index contributed by atoms with van der Waals surface area (Å²) in [5.41, 5.74) is -0.233. The number of rotatable bonds is 4. The Hall–Kier alpha value is -1.54. The zero-order valence-electron chi connectivity index (χ0n) is 10.3. The van der Waals surface area contributed by atoms with Gasteiger partial charge in [0.05, 0.1) is 9.40 Å². The van der Waals surface area contributed by atoms with E-state index < -0.39 is 22.2 Å². The highest BCUT2D eigenvalue weighted by atomic mass is 79.9. The Morgan fingerprint density at radius 3 is 2.52 bits per heavy atom. The zero-order valence-corrected chi connectivity index (χ0v) is 13.4. The molecule has 0 spiro atoms. The summed E-state index contributed by atoms with van der Waals surface area (Å²) in [6, 6.07) is 5.96. The minimum Gasteiger partial charge on any atom is -0.450 e. The lowest BCUT2D eigenvalue weighted by molar-refractivity contribution is -0.385. The maximum atomic E-state index is 13.6. The first-order valence-electron chi connectivity index (χ1n) is 5.58. The number of alkyl halides is 1. The summed E-state index contributed by atoms with van der Waals surface area (Å²) in [5, 5.41) is 11.2. The van der Waals surface area contributed by atoms with Crippen LogP contribution < -0.4 is 4.74 Å². The molecular weight excluding hydrogens is 416 g/mol. The molecule has 0 fully saturated rings. The van der Waals surface area contributed by atoms with E-state index in [-0.39, 0.29) is 26.9 Å². The number of halogens is 4. The highest BCUT2D eigenvalue weighted by Gasteiger charge is 2.21. The van der Waals surface area contributed by atoms with Gasteiger partial charge >= 0.3 is 5.69 Å². The Morgan fingerprint density at radius 2 is 1.90 bits per heavy atom. The van der Waals surface area contributed by atoms with Gasteiger partial charge in [0.2, 0.25) is 5.75 Å². The Labute approximate surface area is 135 Å². The van der Waals surface area contributed by atoms with Crippen molar-refractivity contribution in [1.82, 2.24) is 0 Å². The van der Waals surface area contributed by atoms with E-state index in [1.807, 2.05) is 0 Å². The first-order chi connectivity index (χ1) is 9.93. The molecule has 0 heterocycles. The molecule has 4 nitrogen and oxygen atoms in total. The molecular formula is C13H7Br2F2NO3. The molecule has 0 aromatic heterocycles. The summed E-state index contributed by atoms with van der Waals surface area (Å²) in [6.07, 6.45) is 0. The van der Waals surface area contributed by atoms with Crippen LogP contribution >= 0.6 is 31.9 Å². The average molecular weight is 423 g/mol. The van der Waals surface area contributed by atoms with E-state index in [2.05, 4.69) is 31.9 Å². The van der Waals surface area contributed by atoms with Crippen molar-refractivity contribution < 1.29 is 18.4 Å². The SMILES string of the molecule is O=[N+]([O-])c1cc(Br)c(F)cc1Oc1cccc(F)c1CBr. The van der Waals surface area contributed by atoms with Gasteiger partial charge in [-0.05, 0) is 28.1 Å². The second-order valence-corrected chi connectivity index (χ2v) is 5.36. The van der Waals surface area contributed by atoms with Crippen LogP contribution in [0.25, 0.3) is 0 Å². The minimum atomic E-state index is -0.715. The van der Waals surface area contributed by atoms with Crippen molar-refractivity contribution in [2.24, 2.45) is 0 Å². The molecule has 2 rings (SSSR count). The third-order valence-corrected chi connectivity index (χ3v) is 3.80. The number of nitrogens with zero attached hydrogens (tertiary/aromatic N) is 1. The van der Waals surface area contributed by atoms with Crippen molar-refractivity contribution >= 4 is 37.5 Å². The average Bonchev–Trinajstić information content (AvgIpc) is 2.42. The van der Waals surface area contributed by atoms with Crippen molar-refractivity contribution in [2.75, 3.05) is 0 Å². The van der Waals surface area contributed by atoms with Gasteiger partial charge in [0.25, 0.3) is 0 Å². The fraction of sp³-hybridized carbons (Fsp3) is 0.0769. The molecule has 2 aromatic carbocycles. The molecule has 0 atom stereocenters. The number of benzene rings is 2.